The maximum Gasteiger partial charge on any atom is 0.335 e. The first-order valence-electron chi connectivity index (χ1n) is 8.14. The fourth-order valence-corrected chi connectivity index (χ4v) is 3.14. The van der Waals surface area contributed by atoms with E-state index in [9.17, 15) is 13.6 Å². The summed E-state index contributed by atoms with van der Waals surface area (Å²) in [6.45, 7) is 7.60. The molecule has 3 aromatic rings. The minimum atomic E-state index is -2.68. The van der Waals surface area contributed by atoms with Crippen LogP contribution in [0.25, 0.3) is 15.6 Å². The molecule has 1 aliphatic heterocycles. The molecule has 0 saturated carbocycles. The fourth-order valence-electron chi connectivity index (χ4n) is 3.14. The number of pyridine rings is 2. The Kier molecular flexibility index (Phi) is 4.12. The number of carbonyl (C=O) groups excluding carboxylic acids is 1. The van der Waals surface area contributed by atoms with Crippen molar-refractivity contribution in [1.29, 1.82) is 0 Å². The topological polar surface area (TPSA) is 53.7 Å². The largest absolute Gasteiger partial charge is 0.335 e. The summed E-state index contributed by atoms with van der Waals surface area (Å²) in [4.78, 5) is 27.3. The lowest BCUT2D eigenvalue weighted by atomic mass is 10.1. The number of fused-ring (bicyclic) bond motifs is 1. The maximum atomic E-state index is 13.0. The van der Waals surface area contributed by atoms with Crippen molar-refractivity contribution in [3.05, 3.63) is 72.1 Å². The number of aromatic nitrogens is 2. The van der Waals surface area contributed by atoms with Crippen molar-refractivity contribution in [1.82, 2.24) is 9.97 Å². The molecule has 0 radical (unpaired) electrons. The lowest BCUT2D eigenvalue weighted by Gasteiger charge is -2.18. The van der Waals surface area contributed by atoms with Gasteiger partial charge in [0.1, 0.15) is 12.2 Å². The summed E-state index contributed by atoms with van der Waals surface area (Å²) in [6.07, 6.45) is 1.05. The number of anilines is 2. The summed E-state index contributed by atoms with van der Waals surface area (Å²) in [5, 5.41) is 1.66. The van der Waals surface area contributed by atoms with E-state index in [4.69, 9.17) is 6.57 Å². The minimum Gasteiger partial charge on any atom is -0.287 e. The number of halogens is 2. The average molecular weight is 365 g/mol. The predicted molar refractivity (Wildman–Crippen MR) is 96.5 cm³/mol. The van der Waals surface area contributed by atoms with Crippen LogP contribution >= 0.6 is 0 Å². The first-order chi connectivity index (χ1) is 13.1. The Bertz CT molecular complexity index is 1040. The first-order valence-corrected chi connectivity index (χ1v) is 8.14. The van der Waals surface area contributed by atoms with E-state index in [1.807, 2.05) is 24.3 Å². The van der Waals surface area contributed by atoms with Gasteiger partial charge in [-0.05, 0) is 12.1 Å². The van der Waals surface area contributed by atoms with Crippen LogP contribution in [-0.2, 0) is 0 Å². The highest BCUT2D eigenvalue weighted by Gasteiger charge is 2.44. The zero-order valence-electron chi connectivity index (χ0n) is 14.0. The molecule has 0 N–H and O–H groups in total. The summed E-state index contributed by atoms with van der Waals surface area (Å²) in [7, 11) is 0. The number of amides is 2. The predicted octanol–water partition coefficient (Wildman–Crippen LogP) is 4.26. The molecular weight excluding hydrogens is 352 g/mol. The second-order valence-electron chi connectivity index (χ2n) is 5.99. The van der Waals surface area contributed by atoms with Crippen molar-refractivity contribution < 1.29 is 13.6 Å². The van der Waals surface area contributed by atoms with Crippen molar-refractivity contribution in [3.8, 4) is 0 Å². The number of hydrogen-bond donors (Lipinski definition) is 0. The molecule has 2 aromatic heterocycles. The number of rotatable bonds is 3. The number of alkyl halides is 2. The van der Waals surface area contributed by atoms with Gasteiger partial charge in [0.2, 0.25) is 0 Å². The van der Waals surface area contributed by atoms with Crippen LogP contribution in [0.2, 0.25) is 0 Å². The lowest BCUT2D eigenvalue weighted by molar-refractivity contribution is 0.146. The van der Waals surface area contributed by atoms with Gasteiger partial charge in [0.25, 0.3) is 6.43 Å². The number of urea groups is 1. The first kappa shape index (κ1) is 16.8. The van der Waals surface area contributed by atoms with Gasteiger partial charge in [-0.25, -0.2) is 25.0 Å². The molecule has 1 fully saturated rings. The highest BCUT2D eigenvalue weighted by molar-refractivity contribution is 6.11. The molecule has 6 nitrogen and oxygen atoms in total. The third kappa shape index (κ3) is 2.83. The van der Waals surface area contributed by atoms with Gasteiger partial charge in [0, 0.05) is 17.0 Å². The summed E-state index contributed by atoms with van der Waals surface area (Å²) < 4.78 is 25.4. The molecule has 134 valence electrons. The van der Waals surface area contributed by atoms with E-state index in [1.54, 1.807) is 12.4 Å². The van der Waals surface area contributed by atoms with Crippen molar-refractivity contribution in [2.45, 2.75) is 12.6 Å². The molecule has 27 heavy (non-hydrogen) atoms. The molecule has 0 aliphatic carbocycles. The van der Waals surface area contributed by atoms with Gasteiger partial charge in [-0.15, -0.1) is 0 Å². The van der Waals surface area contributed by atoms with Gasteiger partial charge in [0.15, 0.2) is 0 Å². The van der Waals surface area contributed by atoms with E-state index < -0.39 is 18.6 Å². The lowest BCUT2D eigenvalue weighted by Crippen LogP contribution is -2.34. The zero-order chi connectivity index (χ0) is 19.0. The Labute approximate surface area is 153 Å². The standard InChI is InChI=1S/C19H13F2N5O/c1-22-17-11-25(13-6-7-15(18(20)21)24-9-13)19(27)26(17)16-10-23-8-12-4-2-3-5-14(12)16/h2-10,17-18H,11H2. The number of hydrogen-bond acceptors (Lipinski definition) is 3. The second kappa shape index (κ2) is 6.61. The number of benzene rings is 1. The molecule has 1 atom stereocenters. The van der Waals surface area contributed by atoms with Crippen LogP contribution in [0, 0.1) is 6.57 Å². The molecular formula is C19H13F2N5O. The Morgan fingerprint density at radius 3 is 2.67 bits per heavy atom. The van der Waals surface area contributed by atoms with Gasteiger partial charge in [-0.1, -0.05) is 24.3 Å². The van der Waals surface area contributed by atoms with E-state index in [1.165, 1.54) is 28.1 Å². The number of nitrogens with zero attached hydrogens (tertiary/aromatic N) is 5. The molecule has 1 saturated heterocycles. The molecule has 8 heteroatoms. The SMILES string of the molecule is [C-]#[N+]C1CN(c2ccc(C(F)F)nc2)C(=O)N1c1cncc2ccccc12. The van der Waals surface area contributed by atoms with E-state index in [0.29, 0.717) is 11.4 Å². The molecule has 0 bridgehead atoms. The van der Waals surface area contributed by atoms with Crippen LogP contribution in [-0.4, -0.2) is 28.7 Å². The highest BCUT2D eigenvalue weighted by atomic mass is 19.3. The number of carbonyl (C=O) groups is 1. The van der Waals surface area contributed by atoms with E-state index in [-0.39, 0.29) is 12.2 Å². The summed E-state index contributed by atoms with van der Waals surface area (Å²) >= 11 is 0. The molecule has 1 aliphatic rings. The minimum absolute atomic E-state index is 0.112. The van der Waals surface area contributed by atoms with E-state index in [0.717, 1.165) is 10.8 Å². The van der Waals surface area contributed by atoms with Crippen molar-refractivity contribution in [2.24, 2.45) is 0 Å². The molecule has 1 unspecified atom stereocenters. The van der Waals surface area contributed by atoms with E-state index >= 15 is 0 Å². The highest BCUT2D eigenvalue weighted by Crippen LogP contribution is 2.33. The Hall–Kier alpha value is -3.60. The Morgan fingerprint density at radius 1 is 1.15 bits per heavy atom. The normalized spacial score (nSPS) is 17.0. The Balaban J connectivity index is 1.74. The summed E-state index contributed by atoms with van der Waals surface area (Å²) in [5.74, 6) is 0. The smallest absolute Gasteiger partial charge is 0.287 e. The quantitative estimate of drug-likeness (QED) is 0.652. The van der Waals surface area contributed by atoms with Gasteiger partial charge >= 0.3 is 12.2 Å². The van der Waals surface area contributed by atoms with Crippen LogP contribution < -0.4 is 9.80 Å². The third-order valence-electron chi connectivity index (χ3n) is 4.44. The molecule has 0 spiro atoms. The average Bonchev–Trinajstić information content (AvgIpc) is 3.03. The molecule has 3 heterocycles. The Morgan fingerprint density at radius 2 is 1.96 bits per heavy atom. The van der Waals surface area contributed by atoms with Crippen LogP contribution in [0.4, 0.5) is 25.0 Å². The maximum absolute atomic E-state index is 13.0. The van der Waals surface area contributed by atoms with Crippen molar-refractivity contribution in [3.63, 3.8) is 0 Å². The fraction of sp³-hybridized carbons (Fsp3) is 0.158. The van der Waals surface area contributed by atoms with Gasteiger partial charge < -0.3 is 0 Å². The summed E-state index contributed by atoms with van der Waals surface area (Å²) in [6, 6.07) is 9.64. The summed E-state index contributed by atoms with van der Waals surface area (Å²) in [5.41, 5.74) is 0.551. The van der Waals surface area contributed by atoms with Crippen LogP contribution in [0.1, 0.15) is 12.1 Å². The van der Waals surface area contributed by atoms with Crippen LogP contribution in [0.15, 0.2) is 55.0 Å². The molecule has 4 rings (SSSR count). The van der Waals surface area contributed by atoms with Gasteiger partial charge in [-0.2, -0.15) is 0 Å². The van der Waals surface area contributed by atoms with Gasteiger partial charge in [0.05, 0.1) is 23.8 Å². The zero-order valence-corrected chi connectivity index (χ0v) is 14.0. The van der Waals surface area contributed by atoms with E-state index in [2.05, 4.69) is 14.8 Å². The monoisotopic (exact) mass is 365 g/mol. The van der Waals surface area contributed by atoms with Crippen molar-refractivity contribution in [2.75, 3.05) is 16.3 Å². The second-order valence-corrected chi connectivity index (χ2v) is 5.99. The van der Waals surface area contributed by atoms with Gasteiger partial charge in [-0.3, -0.25) is 19.7 Å². The molecule has 1 aromatic carbocycles. The molecule has 2 amide bonds. The third-order valence-corrected chi connectivity index (χ3v) is 4.44. The van der Waals surface area contributed by atoms with Crippen LogP contribution in [0.5, 0.6) is 0 Å². The van der Waals surface area contributed by atoms with Crippen molar-refractivity contribution >= 4 is 28.2 Å². The van der Waals surface area contributed by atoms with Crippen LogP contribution in [0.3, 0.4) is 0 Å².